The number of carbonyl (C=O) groups is 1. The molecule has 6 rings (SSSR count). The molecule has 1 amide bonds. The van der Waals surface area contributed by atoms with E-state index in [9.17, 15) is 24.5 Å². The third kappa shape index (κ3) is 15.6. The molecule has 0 radical (unpaired) electrons. The van der Waals surface area contributed by atoms with Crippen molar-refractivity contribution in [3.8, 4) is 11.5 Å². The van der Waals surface area contributed by atoms with Crippen molar-refractivity contribution in [3.05, 3.63) is 120 Å². The van der Waals surface area contributed by atoms with E-state index in [0.717, 1.165) is 68.1 Å². The summed E-state index contributed by atoms with van der Waals surface area (Å²) in [5.74, 6) is -1.59. The van der Waals surface area contributed by atoms with E-state index >= 15 is 0 Å². The number of amides is 1. The topological polar surface area (TPSA) is 149 Å². The Bertz CT molecular complexity index is 2100. The minimum atomic E-state index is -1.51. The SMILES string of the molecule is C=CCOC12Oc3ccc(OCc4ccccc4F)cc3C3C(CCCCO)C(CCCCO)C=C(C(=NOCc4ccccc4)CC1N(CCOCCO)C(=O)OCCCCCCCCCCCC)C32. The number of rotatable bonds is 34. The lowest BCUT2D eigenvalue weighted by Crippen LogP contribution is -2.70. The Morgan fingerprint density at radius 1 is 0.831 bits per heavy atom. The Kier molecular flexibility index (Phi) is 23.7. The number of carbonyl (C=O) groups excluding carboxylic acids is 1. The Morgan fingerprint density at radius 2 is 1.55 bits per heavy atom. The number of aliphatic hydroxyl groups is 3. The fourth-order valence-corrected chi connectivity index (χ4v) is 10.8. The van der Waals surface area contributed by atoms with Crippen LogP contribution in [0.5, 0.6) is 11.5 Å². The minimum Gasteiger partial charge on any atom is -0.489 e. The summed E-state index contributed by atoms with van der Waals surface area (Å²) in [5, 5.41) is 34.7. The summed E-state index contributed by atoms with van der Waals surface area (Å²) in [5.41, 5.74) is 3.82. The van der Waals surface area contributed by atoms with Gasteiger partial charge >= 0.3 is 6.09 Å². The van der Waals surface area contributed by atoms with Crippen LogP contribution in [0.1, 0.15) is 139 Å². The Hall–Kier alpha value is -4.79. The van der Waals surface area contributed by atoms with Crippen LogP contribution in [0.25, 0.3) is 0 Å². The summed E-state index contributed by atoms with van der Waals surface area (Å²) in [4.78, 5) is 22.8. The van der Waals surface area contributed by atoms with Crippen LogP contribution in [0.15, 0.2) is 102 Å². The van der Waals surface area contributed by atoms with E-state index in [1.54, 1.807) is 29.2 Å². The van der Waals surface area contributed by atoms with Crippen LogP contribution in [0, 0.1) is 23.6 Å². The van der Waals surface area contributed by atoms with E-state index in [-0.39, 0.29) is 96.0 Å². The van der Waals surface area contributed by atoms with Crippen LogP contribution in [0.3, 0.4) is 0 Å². The van der Waals surface area contributed by atoms with Crippen molar-refractivity contribution in [1.82, 2.24) is 4.90 Å². The molecule has 6 unspecified atom stereocenters. The Labute approximate surface area is 422 Å². The molecule has 3 aliphatic rings. The molecule has 2 aliphatic carbocycles. The molecule has 12 nitrogen and oxygen atoms in total. The van der Waals surface area contributed by atoms with E-state index in [1.165, 1.54) is 44.6 Å². The lowest BCUT2D eigenvalue weighted by molar-refractivity contribution is -0.256. The molecule has 3 N–H and O–H groups in total. The maximum atomic E-state index is 14.9. The highest BCUT2D eigenvalue weighted by Gasteiger charge is 2.65. The monoisotopic (exact) mass is 985 g/mol. The molecule has 1 fully saturated rings. The summed E-state index contributed by atoms with van der Waals surface area (Å²) in [6, 6.07) is 21.3. The molecule has 390 valence electrons. The number of ether oxygens (including phenoxy) is 5. The van der Waals surface area contributed by atoms with Gasteiger partial charge in [-0.2, -0.15) is 0 Å². The van der Waals surface area contributed by atoms with E-state index < -0.39 is 23.8 Å². The van der Waals surface area contributed by atoms with Gasteiger partial charge in [0.05, 0.1) is 44.7 Å². The highest BCUT2D eigenvalue weighted by Crippen LogP contribution is 2.62. The van der Waals surface area contributed by atoms with Gasteiger partial charge in [0.25, 0.3) is 0 Å². The second-order valence-corrected chi connectivity index (χ2v) is 19.2. The first-order valence-electron chi connectivity index (χ1n) is 26.6. The molecule has 0 bridgehead atoms. The average molecular weight is 985 g/mol. The second kappa shape index (κ2) is 30.3. The molecule has 0 spiro atoms. The predicted octanol–water partition coefficient (Wildman–Crippen LogP) is 11.6. The molecule has 13 heteroatoms. The van der Waals surface area contributed by atoms with Crippen LogP contribution < -0.4 is 9.47 Å². The van der Waals surface area contributed by atoms with Crippen molar-refractivity contribution >= 4 is 11.8 Å². The van der Waals surface area contributed by atoms with Gasteiger partial charge in [-0.15, -0.1) is 6.58 Å². The van der Waals surface area contributed by atoms with Crippen molar-refractivity contribution in [2.75, 3.05) is 52.8 Å². The van der Waals surface area contributed by atoms with Gasteiger partial charge in [-0.1, -0.05) is 143 Å². The van der Waals surface area contributed by atoms with Gasteiger partial charge in [0.1, 0.15) is 36.6 Å². The highest BCUT2D eigenvalue weighted by molar-refractivity contribution is 6.03. The molecule has 6 atom stereocenters. The van der Waals surface area contributed by atoms with Crippen molar-refractivity contribution in [3.63, 3.8) is 0 Å². The van der Waals surface area contributed by atoms with Crippen LogP contribution in [0.2, 0.25) is 0 Å². The molecule has 0 aromatic heterocycles. The molecule has 71 heavy (non-hydrogen) atoms. The summed E-state index contributed by atoms with van der Waals surface area (Å²) in [7, 11) is 0. The molecule has 1 aliphatic heterocycles. The zero-order chi connectivity index (χ0) is 50.1. The van der Waals surface area contributed by atoms with Crippen LogP contribution in [-0.2, 0) is 32.3 Å². The largest absolute Gasteiger partial charge is 0.489 e. The number of nitrogens with zero attached hydrogens (tertiary/aromatic N) is 2. The van der Waals surface area contributed by atoms with Crippen molar-refractivity contribution < 1.29 is 53.0 Å². The van der Waals surface area contributed by atoms with E-state index in [0.29, 0.717) is 35.6 Å². The lowest BCUT2D eigenvalue weighted by Gasteiger charge is -2.59. The van der Waals surface area contributed by atoms with Gasteiger partial charge in [0, 0.05) is 43.2 Å². The number of hydrogen-bond acceptors (Lipinski definition) is 11. The van der Waals surface area contributed by atoms with E-state index in [4.69, 9.17) is 33.7 Å². The molecule has 1 saturated carbocycles. The highest BCUT2D eigenvalue weighted by atomic mass is 19.1. The number of unbranched alkanes of at least 4 members (excludes halogenated alkanes) is 11. The number of fused-ring (bicyclic) bond motifs is 2. The molecule has 1 heterocycles. The van der Waals surface area contributed by atoms with Crippen LogP contribution in [-0.4, -0.2) is 96.6 Å². The maximum Gasteiger partial charge on any atom is 0.410 e. The molecule has 3 aromatic rings. The van der Waals surface area contributed by atoms with Gasteiger partial charge in [-0.05, 0) is 79.3 Å². The summed E-state index contributed by atoms with van der Waals surface area (Å²) in [6.45, 7) is 7.17. The van der Waals surface area contributed by atoms with Gasteiger partial charge in [0.2, 0.25) is 5.79 Å². The standard InChI is InChI=1S/C58H81FN2O10/c1-3-5-6-7-8-9-10-11-12-22-36-67-57(65)61(31-37-66-38-34-64)54-41-52(60-70-42-44-23-14-13-15-24-44)49-39-45(25-18-20-32-62)48(27-19-21-33-63)55-50-40-47(68-43-46-26-16-17-28-51(46)59)29-30-53(50)71-58(54,56(49)55)69-35-4-2/h4,13-17,23-24,26,28-30,39-40,45,48,54-56,62-64H,2-3,5-12,18-22,25,27,31-38,41-43H2,1H3. The number of benzene rings is 3. The lowest BCUT2D eigenvalue weighted by atomic mass is 9.55. The van der Waals surface area contributed by atoms with Crippen molar-refractivity contribution in [1.29, 1.82) is 0 Å². The quantitative estimate of drug-likeness (QED) is 0.0300. The van der Waals surface area contributed by atoms with Crippen LogP contribution >= 0.6 is 0 Å². The third-order valence-electron chi connectivity index (χ3n) is 14.3. The summed E-state index contributed by atoms with van der Waals surface area (Å²) in [6.07, 6.45) is 19.5. The number of aliphatic hydroxyl groups excluding tert-OH is 3. The fraction of sp³-hybridized carbons (Fsp3) is 0.586. The van der Waals surface area contributed by atoms with E-state index in [1.807, 2.05) is 48.5 Å². The first-order chi connectivity index (χ1) is 34.9. The van der Waals surface area contributed by atoms with Crippen molar-refractivity contribution in [2.45, 2.75) is 147 Å². The maximum absolute atomic E-state index is 14.9. The minimum absolute atomic E-state index is 0.0139. The molecule has 0 saturated heterocycles. The number of halogens is 1. The van der Waals surface area contributed by atoms with Gasteiger partial charge in [-0.25, -0.2) is 9.18 Å². The number of oxime groups is 1. The summed E-state index contributed by atoms with van der Waals surface area (Å²) < 4.78 is 47.8. The zero-order valence-electron chi connectivity index (χ0n) is 42.2. The third-order valence-corrected chi connectivity index (χ3v) is 14.3. The number of allylic oxidation sites excluding steroid dienone is 1. The fourth-order valence-electron chi connectivity index (χ4n) is 10.8. The van der Waals surface area contributed by atoms with E-state index in [2.05, 4.69) is 19.6 Å². The first kappa shape index (κ1) is 55.5. The smallest absolute Gasteiger partial charge is 0.410 e. The first-order valence-corrected chi connectivity index (χ1v) is 26.6. The summed E-state index contributed by atoms with van der Waals surface area (Å²) >= 11 is 0. The second-order valence-electron chi connectivity index (χ2n) is 19.2. The zero-order valence-corrected chi connectivity index (χ0v) is 42.2. The normalized spacial score (nSPS) is 21.7. The van der Waals surface area contributed by atoms with Gasteiger partial charge < -0.3 is 43.8 Å². The average Bonchev–Trinajstić information content (AvgIpc) is 3.38. The van der Waals surface area contributed by atoms with Gasteiger partial charge in [-0.3, -0.25) is 4.90 Å². The Balaban J connectivity index is 1.44. The molecular formula is C58H81FN2O10. The predicted molar refractivity (Wildman–Crippen MR) is 275 cm³/mol. The molecule has 3 aromatic carbocycles. The molecular weight excluding hydrogens is 904 g/mol. The Morgan fingerprint density at radius 3 is 2.27 bits per heavy atom. The number of hydrogen-bond donors (Lipinski definition) is 3. The van der Waals surface area contributed by atoms with Gasteiger partial charge in [0.15, 0.2) is 0 Å². The van der Waals surface area contributed by atoms with Crippen LogP contribution in [0.4, 0.5) is 9.18 Å². The van der Waals surface area contributed by atoms with Crippen molar-refractivity contribution in [2.24, 2.45) is 22.9 Å².